The molecule has 17 heavy (non-hydrogen) atoms. The summed E-state index contributed by atoms with van der Waals surface area (Å²) in [6.45, 7) is 0. The van der Waals surface area contributed by atoms with Crippen LogP contribution in [0.4, 0.5) is 11.4 Å². The van der Waals surface area contributed by atoms with Gasteiger partial charge in [-0.1, -0.05) is 0 Å². The van der Waals surface area contributed by atoms with Gasteiger partial charge in [-0.25, -0.2) is 9.27 Å². The van der Waals surface area contributed by atoms with Crippen LogP contribution in [0.2, 0.25) is 0 Å². The van der Waals surface area contributed by atoms with E-state index in [1.54, 1.807) is 24.3 Å². The van der Waals surface area contributed by atoms with Crippen LogP contribution >= 0.6 is 11.6 Å². The number of halogens is 1. The summed E-state index contributed by atoms with van der Waals surface area (Å²) in [4.78, 5) is 11.0. The van der Waals surface area contributed by atoms with Crippen molar-refractivity contribution in [1.82, 2.24) is 0 Å². The Hall–Kier alpha value is -1.15. The molecule has 0 spiro atoms. The number of hydroxylamine groups is 1. The molecule has 0 heterocycles. The molecule has 1 aromatic rings. The second-order valence-corrected chi connectivity index (χ2v) is 3.83. The van der Waals surface area contributed by atoms with Crippen molar-refractivity contribution in [3.8, 4) is 0 Å². The van der Waals surface area contributed by atoms with Gasteiger partial charge in [-0.2, -0.15) is 4.28 Å². The molecule has 0 radical (unpaired) electrons. The first-order chi connectivity index (χ1) is 8.02. The van der Waals surface area contributed by atoms with Crippen molar-refractivity contribution in [2.75, 3.05) is 23.3 Å². The molecule has 0 bridgehead atoms. The first-order valence-electron chi connectivity index (χ1n) is 4.50. The van der Waals surface area contributed by atoms with Crippen LogP contribution in [-0.2, 0) is 20.4 Å². The second-order valence-electron chi connectivity index (χ2n) is 3.00. The predicted octanol–water partition coefficient (Wildman–Crippen LogP) is 1.03. The summed E-state index contributed by atoms with van der Waals surface area (Å²) in [5.74, 6) is -0.440. The number of hydrogen-bond acceptors (Lipinski definition) is 5. The number of amides is 1. The molecule has 8 heteroatoms. The van der Waals surface area contributed by atoms with Crippen molar-refractivity contribution in [3.63, 3.8) is 0 Å². The van der Waals surface area contributed by atoms with E-state index in [0.717, 1.165) is 5.06 Å². The van der Waals surface area contributed by atoms with Gasteiger partial charge in [-0.3, -0.25) is 4.79 Å². The van der Waals surface area contributed by atoms with Gasteiger partial charge < -0.3 is 9.87 Å². The van der Waals surface area contributed by atoms with Gasteiger partial charge in [0.15, 0.2) is 0 Å². The maximum atomic E-state index is 11.0. The molecule has 94 valence electrons. The van der Waals surface area contributed by atoms with Gasteiger partial charge in [0.1, 0.15) is 17.2 Å². The maximum absolute atomic E-state index is 11.0. The highest BCUT2D eigenvalue weighted by atomic mass is 35.5. The van der Waals surface area contributed by atoms with Crippen molar-refractivity contribution in [1.29, 1.82) is 0 Å². The van der Waals surface area contributed by atoms with E-state index in [2.05, 4.69) is 9.60 Å². The molecule has 0 saturated carbocycles. The van der Waals surface area contributed by atoms with Gasteiger partial charge in [0.25, 0.3) is 0 Å². The molecular formula is C9H10ClN2O4S-. The van der Waals surface area contributed by atoms with Crippen molar-refractivity contribution in [2.45, 2.75) is 0 Å². The summed E-state index contributed by atoms with van der Waals surface area (Å²) in [5, 5.41) is 3.63. The Balaban J connectivity index is 2.67. The fraction of sp³-hybridized carbons (Fsp3) is 0.222. The molecule has 0 aromatic heterocycles. The number of nitrogens with zero attached hydrogens (tertiary/aromatic N) is 1. The molecular weight excluding hydrogens is 268 g/mol. The SMILES string of the molecule is CN(OS(=O)[O-])c1ccc(NC(=O)CCl)cc1. The monoisotopic (exact) mass is 277 g/mol. The van der Waals surface area contributed by atoms with Crippen molar-refractivity contribution < 1.29 is 17.8 Å². The Kier molecular flexibility index (Phi) is 5.36. The summed E-state index contributed by atoms with van der Waals surface area (Å²) in [5.41, 5.74) is 1.09. The van der Waals surface area contributed by atoms with Crippen molar-refractivity contribution in [3.05, 3.63) is 24.3 Å². The highest BCUT2D eigenvalue weighted by Gasteiger charge is 2.03. The third-order valence-corrected chi connectivity index (χ3v) is 2.40. The number of anilines is 2. The largest absolute Gasteiger partial charge is 0.748 e. The smallest absolute Gasteiger partial charge is 0.239 e. The van der Waals surface area contributed by atoms with E-state index in [0.29, 0.717) is 11.4 Å². The molecule has 1 atom stereocenters. The van der Waals surface area contributed by atoms with Crippen LogP contribution in [0.25, 0.3) is 0 Å². The van der Waals surface area contributed by atoms with Crippen LogP contribution in [0, 0.1) is 0 Å². The van der Waals surface area contributed by atoms with Crippen LogP contribution < -0.4 is 10.4 Å². The number of benzene rings is 1. The molecule has 1 amide bonds. The van der Waals surface area contributed by atoms with E-state index < -0.39 is 11.4 Å². The lowest BCUT2D eigenvalue weighted by Crippen LogP contribution is -2.19. The van der Waals surface area contributed by atoms with Gasteiger partial charge in [0.2, 0.25) is 5.91 Å². The number of rotatable bonds is 5. The Labute approximate surface area is 106 Å². The molecule has 0 aliphatic rings. The Morgan fingerprint density at radius 1 is 1.53 bits per heavy atom. The van der Waals surface area contributed by atoms with Gasteiger partial charge in [0, 0.05) is 12.7 Å². The van der Waals surface area contributed by atoms with E-state index >= 15 is 0 Å². The Morgan fingerprint density at radius 3 is 2.59 bits per heavy atom. The molecule has 0 aliphatic heterocycles. The van der Waals surface area contributed by atoms with E-state index in [1.807, 2.05) is 0 Å². The number of hydrogen-bond donors (Lipinski definition) is 1. The number of nitrogens with one attached hydrogen (secondary N) is 1. The fourth-order valence-corrected chi connectivity index (χ4v) is 1.42. The maximum Gasteiger partial charge on any atom is 0.239 e. The summed E-state index contributed by atoms with van der Waals surface area (Å²) in [6, 6.07) is 6.40. The molecule has 1 rings (SSSR count). The molecule has 1 N–H and O–H groups in total. The average molecular weight is 278 g/mol. The van der Waals surface area contributed by atoms with Gasteiger partial charge in [-0.15, -0.1) is 11.6 Å². The zero-order valence-corrected chi connectivity index (χ0v) is 10.5. The van der Waals surface area contributed by atoms with Crippen LogP contribution in [0.3, 0.4) is 0 Å². The third kappa shape index (κ3) is 4.70. The second kappa shape index (κ2) is 6.55. The Bertz CT molecular complexity index is 412. The zero-order chi connectivity index (χ0) is 12.8. The molecule has 0 saturated heterocycles. The quantitative estimate of drug-likeness (QED) is 0.494. The van der Waals surface area contributed by atoms with Gasteiger partial charge in [-0.05, 0) is 24.3 Å². The number of carbonyl (C=O) groups excluding carboxylic acids is 1. The Morgan fingerprint density at radius 2 is 2.12 bits per heavy atom. The van der Waals surface area contributed by atoms with Crippen LogP contribution in [0.1, 0.15) is 0 Å². The molecule has 6 nitrogen and oxygen atoms in total. The first kappa shape index (κ1) is 13.9. The summed E-state index contributed by atoms with van der Waals surface area (Å²) >= 11 is 2.71. The van der Waals surface area contributed by atoms with Gasteiger partial charge in [0.05, 0.1) is 5.69 Å². The van der Waals surface area contributed by atoms with Crippen LogP contribution in [-0.4, -0.2) is 27.6 Å². The van der Waals surface area contributed by atoms with E-state index in [-0.39, 0.29) is 11.8 Å². The van der Waals surface area contributed by atoms with E-state index in [9.17, 15) is 13.6 Å². The highest BCUT2D eigenvalue weighted by molar-refractivity contribution is 7.74. The molecule has 0 aliphatic carbocycles. The van der Waals surface area contributed by atoms with Gasteiger partial charge >= 0.3 is 0 Å². The molecule has 1 aromatic carbocycles. The summed E-state index contributed by atoms with van der Waals surface area (Å²) in [7, 11) is 1.45. The summed E-state index contributed by atoms with van der Waals surface area (Å²) in [6.07, 6.45) is 0. The third-order valence-electron chi connectivity index (χ3n) is 1.81. The topological polar surface area (TPSA) is 81.7 Å². The lowest BCUT2D eigenvalue weighted by atomic mass is 10.3. The fourth-order valence-electron chi connectivity index (χ4n) is 1.08. The van der Waals surface area contributed by atoms with E-state index in [1.165, 1.54) is 7.05 Å². The highest BCUT2D eigenvalue weighted by Crippen LogP contribution is 2.17. The predicted molar refractivity (Wildman–Crippen MR) is 64.2 cm³/mol. The minimum Gasteiger partial charge on any atom is -0.748 e. The van der Waals surface area contributed by atoms with Crippen molar-refractivity contribution >= 4 is 40.2 Å². The number of alkyl halides is 1. The normalized spacial score (nSPS) is 11.9. The lowest BCUT2D eigenvalue weighted by Gasteiger charge is -2.19. The zero-order valence-electron chi connectivity index (χ0n) is 8.88. The molecule has 1 unspecified atom stereocenters. The minimum atomic E-state index is -2.62. The standard InChI is InChI=1S/C9H11ClN2O4S/c1-12(16-17(14)15)8-4-2-7(3-5-8)11-9(13)6-10/h2-5H,6H2,1H3,(H,11,13)(H,14,15)/p-1. The molecule has 0 fully saturated rings. The number of carbonyl (C=O) groups is 1. The summed E-state index contributed by atoms with van der Waals surface area (Å²) < 4.78 is 25.0. The van der Waals surface area contributed by atoms with Crippen LogP contribution in [0.5, 0.6) is 0 Å². The van der Waals surface area contributed by atoms with E-state index in [4.69, 9.17) is 11.6 Å². The van der Waals surface area contributed by atoms with Crippen LogP contribution in [0.15, 0.2) is 24.3 Å². The van der Waals surface area contributed by atoms with Crippen molar-refractivity contribution in [2.24, 2.45) is 0 Å². The average Bonchev–Trinajstić information content (AvgIpc) is 2.28. The minimum absolute atomic E-state index is 0.125. The lowest BCUT2D eigenvalue weighted by molar-refractivity contribution is -0.113. The first-order valence-corrected chi connectivity index (χ1v) is 6.03.